The summed E-state index contributed by atoms with van der Waals surface area (Å²) in [6.45, 7) is 4.88. The molecule has 1 fully saturated rings. The number of methoxy groups -OCH3 is 1. The Morgan fingerprint density at radius 3 is 2.81 bits per heavy atom. The van der Waals surface area contributed by atoms with E-state index in [9.17, 15) is 9.90 Å². The highest BCUT2D eigenvalue weighted by Crippen LogP contribution is 2.46. The molecule has 9 heteroatoms. The summed E-state index contributed by atoms with van der Waals surface area (Å²) in [6.07, 6.45) is 3.32. The average molecular weight is 456 g/mol. The molecule has 2 aliphatic heterocycles. The quantitative estimate of drug-likeness (QED) is 0.490. The minimum atomic E-state index is -0.463. The number of β-amino-alcohol motifs (C(OH)–C–C–N with tert-alkyl or cyclic N) is 1. The highest BCUT2D eigenvalue weighted by atomic mass is 35.5. The van der Waals surface area contributed by atoms with Gasteiger partial charge in [0.25, 0.3) is 5.91 Å². The van der Waals surface area contributed by atoms with Crippen LogP contribution in [0.25, 0.3) is 0 Å². The maximum atomic E-state index is 13.0. The van der Waals surface area contributed by atoms with Gasteiger partial charge in [0, 0.05) is 25.4 Å². The molecule has 31 heavy (non-hydrogen) atoms. The van der Waals surface area contributed by atoms with Crippen LogP contribution in [-0.4, -0.2) is 82.1 Å². The molecule has 8 nitrogen and oxygen atoms in total. The fourth-order valence-electron chi connectivity index (χ4n) is 4.08. The zero-order valence-electron chi connectivity index (χ0n) is 18.4. The molecule has 0 aromatic heterocycles. The van der Waals surface area contributed by atoms with Crippen molar-refractivity contribution in [2.45, 2.75) is 31.8 Å². The van der Waals surface area contributed by atoms with Crippen LogP contribution >= 0.6 is 11.6 Å². The molecule has 1 aromatic rings. The van der Waals surface area contributed by atoms with Crippen LogP contribution in [0, 0.1) is 5.92 Å². The molecule has 0 aliphatic carbocycles. The number of carbonyl (C=O) groups is 1. The number of piperidine rings is 1. The zero-order chi connectivity index (χ0) is 22.2. The molecule has 2 atom stereocenters. The first-order valence-electron chi connectivity index (χ1n) is 11.0. The molecular weight excluding hydrogens is 422 g/mol. The minimum Gasteiger partial charge on any atom is -0.491 e. The van der Waals surface area contributed by atoms with E-state index in [1.54, 1.807) is 6.07 Å². The number of aliphatic hydroxyl groups excluding tert-OH is 1. The molecule has 0 bridgehead atoms. The van der Waals surface area contributed by atoms with Crippen molar-refractivity contribution < 1.29 is 24.1 Å². The van der Waals surface area contributed by atoms with Crippen molar-refractivity contribution in [2.75, 3.05) is 60.1 Å². The van der Waals surface area contributed by atoms with Gasteiger partial charge in [-0.3, -0.25) is 4.79 Å². The van der Waals surface area contributed by atoms with Crippen LogP contribution in [0.5, 0.6) is 17.2 Å². The molecule has 174 valence electrons. The fraction of sp³-hybridized carbons (Fsp3) is 0.682. The molecule has 1 aromatic carbocycles. The molecular formula is C22H34ClN3O5. The molecule has 3 N–H and O–H groups in total. The fourth-order valence-corrected chi connectivity index (χ4v) is 4.35. The molecule has 1 saturated heterocycles. The first-order valence-corrected chi connectivity index (χ1v) is 11.4. The first kappa shape index (κ1) is 23.9. The minimum absolute atomic E-state index is 0.0157. The summed E-state index contributed by atoms with van der Waals surface area (Å²) in [5.74, 6) is 0.806. The second kappa shape index (κ2) is 11.8. The van der Waals surface area contributed by atoms with E-state index in [4.69, 9.17) is 25.8 Å². The van der Waals surface area contributed by atoms with E-state index in [0.717, 1.165) is 38.9 Å². The van der Waals surface area contributed by atoms with Crippen molar-refractivity contribution in [2.24, 2.45) is 5.92 Å². The lowest BCUT2D eigenvalue weighted by Gasteiger charge is -2.36. The molecule has 2 heterocycles. The second-order valence-corrected chi connectivity index (χ2v) is 8.49. The van der Waals surface area contributed by atoms with Crippen LogP contribution in [-0.2, 0) is 0 Å². The van der Waals surface area contributed by atoms with Gasteiger partial charge in [-0.15, -0.1) is 0 Å². The number of halogens is 1. The second-order valence-electron chi connectivity index (χ2n) is 8.09. The van der Waals surface area contributed by atoms with Gasteiger partial charge in [-0.1, -0.05) is 11.6 Å². The van der Waals surface area contributed by atoms with Crippen LogP contribution in [0.15, 0.2) is 6.07 Å². The summed E-state index contributed by atoms with van der Waals surface area (Å²) in [5.41, 5.74) is 0.319. The highest BCUT2D eigenvalue weighted by molar-refractivity contribution is 6.33. The van der Waals surface area contributed by atoms with E-state index in [-0.39, 0.29) is 11.8 Å². The van der Waals surface area contributed by atoms with Crippen molar-refractivity contribution in [1.29, 1.82) is 0 Å². The third-order valence-electron chi connectivity index (χ3n) is 5.86. The number of nitrogens with zero attached hydrogens (tertiary/aromatic N) is 1. The van der Waals surface area contributed by atoms with Crippen LogP contribution in [0.4, 0.5) is 0 Å². The van der Waals surface area contributed by atoms with Crippen molar-refractivity contribution in [3.63, 3.8) is 0 Å². The van der Waals surface area contributed by atoms with E-state index in [2.05, 4.69) is 15.5 Å². The number of carbonyl (C=O) groups excluding carboxylic acids is 1. The Hall–Kier alpha value is -1.74. The summed E-state index contributed by atoms with van der Waals surface area (Å²) in [6, 6.07) is 1.55. The first-order chi connectivity index (χ1) is 15.0. The Bertz CT molecular complexity index is 748. The maximum absolute atomic E-state index is 13.0. The van der Waals surface area contributed by atoms with Crippen LogP contribution in [0.1, 0.15) is 36.0 Å². The topological polar surface area (TPSA) is 92.3 Å². The molecule has 2 aliphatic rings. The van der Waals surface area contributed by atoms with Gasteiger partial charge < -0.3 is 34.9 Å². The van der Waals surface area contributed by atoms with E-state index in [1.807, 2.05) is 7.05 Å². The highest BCUT2D eigenvalue weighted by Gasteiger charge is 2.30. The Kier molecular flexibility index (Phi) is 9.07. The van der Waals surface area contributed by atoms with Crippen LogP contribution in [0.3, 0.4) is 0 Å². The number of hydrogen-bond donors (Lipinski definition) is 3. The number of amides is 1. The SMILES string of the molecule is CNCCCCN1CC[C@@H](CNC(=O)c2cc(Cl)c(OC)c3c2OCCCO3)[C@H](O)C1. The van der Waals surface area contributed by atoms with Gasteiger partial charge in [0.15, 0.2) is 11.5 Å². The Labute approximate surface area is 189 Å². The van der Waals surface area contributed by atoms with E-state index in [1.165, 1.54) is 7.11 Å². The number of unbranched alkanes of at least 4 members (excludes halogenated alkanes) is 1. The molecule has 1 amide bonds. The molecule has 3 rings (SSSR count). The monoisotopic (exact) mass is 455 g/mol. The number of hydrogen-bond acceptors (Lipinski definition) is 7. The number of nitrogens with one attached hydrogen (secondary N) is 2. The number of benzene rings is 1. The van der Waals surface area contributed by atoms with Crippen LogP contribution < -0.4 is 24.8 Å². The van der Waals surface area contributed by atoms with Crippen molar-refractivity contribution in [3.05, 3.63) is 16.7 Å². The summed E-state index contributed by atoms with van der Waals surface area (Å²) in [5, 5.41) is 17.0. The van der Waals surface area contributed by atoms with Crippen molar-refractivity contribution in [3.8, 4) is 17.2 Å². The van der Waals surface area contributed by atoms with Crippen LogP contribution in [0.2, 0.25) is 5.02 Å². The number of likely N-dealkylation sites (tertiary alicyclic amines) is 1. The lowest BCUT2D eigenvalue weighted by Crippen LogP contribution is -2.47. The van der Waals surface area contributed by atoms with E-state index in [0.29, 0.717) is 60.6 Å². The zero-order valence-corrected chi connectivity index (χ0v) is 19.2. The van der Waals surface area contributed by atoms with Gasteiger partial charge >= 0.3 is 0 Å². The maximum Gasteiger partial charge on any atom is 0.255 e. The Morgan fingerprint density at radius 1 is 1.32 bits per heavy atom. The van der Waals surface area contributed by atoms with Gasteiger partial charge in [-0.2, -0.15) is 0 Å². The van der Waals surface area contributed by atoms with Crippen molar-refractivity contribution >= 4 is 17.5 Å². The summed E-state index contributed by atoms with van der Waals surface area (Å²) < 4.78 is 16.9. The number of rotatable bonds is 9. The number of ether oxygens (including phenoxy) is 3. The summed E-state index contributed by atoms with van der Waals surface area (Å²) in [7, 11) is 3.46. The Balaban J connectivity index is 1.58. The molecule has 0 saturated carbocycles. The van der Waals surface area contributed by atoms with E-state index >= 15 is 0 Å². The lowest BCUT2D eigenvalue weighted by molar-refractivity contribution is 0.0216. The summed E-state index contributed by atoms with van der Waals surface area (Å²) in [4.78, 5) is 15.3. The van der Waals surface area contributed by atoms with Crippen molar-refractivity contribution in [1.82, 2.24) is 15.5 Å². The number of aliphatic hydroxyl groups is 1. The van der Waals surface area contributed by atoms with Gasteiger partial charge in [-0.05, 0) is 52.0 Å². The molecule has 0 spiro atoms. The lowest BCUT2D eigenvalue weighted by atomic mass is 9.93. The van der Waals surface area contributed by atoms with Gasteiger partial charge in [-0.25, -0.2) is 0 Å². The predicted molar refractivity (Wildman–Crippen MR) is 120 cm³/mol. The third kappa shape index (κ3) is 6.16. The normalized spacial score (nSPS) is 21.4. The average Bonchev–Trinajstić information content (AvgIpc) is 3.01. The molecule has 0 unspecified atom stereocenters. The van der Waals surface area contributed by atoms with E-state index < -0.39 is 6.10 Å². The standard InChI is InChI=1S/C22H34ClN3O5/c1-24-7-3-4-8-26-9-6-15(18(27)14-26)13-25-22(28)16-12-17(23)20(29-2)21-19(16)30-10-5-11-31-21/h12,15,18,24,27H,3-11,13-14H2,1-2H3,(H,25,28)/t15-,18+/m0/s1. The van der Waals surface area contributed by atoms with Gasteiger partial charge in [0.05, 0.1) is 37.0 Å². The van der Waals surface area contributed by atoms with Gasteiger partial charge in [0.2, 0.25) is 5.75 Å². The number of fused-ring (bicyclic) bond motifs is 1. The smallest absolute Gasteiger partial charge is 0.255 e. The predicted octanol–water partition coefficient (Wildman–Crippen LogP) is 1.92. The summed E-state index contributed by atoms with van der Waals surface area (Å²) >= 11 is 6.32. The Morgan fingerprint density at radius 2 is 2.10 bits per heavy atom. The van der Waals surface area contributed by atoms with Gasteiger partial charge in [0.1, 0.15) is 0 Å². The largest absolute Gasteiger partial charge is 0.491 e. The third-order valence-corrected chi connectivity index (χ3v) is 6.14. The molecule has 0 radical (unpaired) electrons.